The van der Waals surface area contributed by atoms with Gasteiger partial charge >= 0.3 is 0 Å². The topological polar surface area (TPSA) is 12.0 Å². The van der Waals surface area contributed by atoms with Crippen molar-refractivity contribution in [1.29, 1.82) is 0 Å². The summed E-state index contributed by atoms with van der Waals surface area (Å²) in [5.41, 5.74) is 0. The predicted octanol–water partition coefficient (Wildman–Crippen LogP) is 1.95. The molecule has 58 valence electrons. The first-order valence-electron chi connectivity index (χ1n) is 4.23. The third-order valence-corrected chi connectivity index (χ3v) is 2.22. The van der Waals surface area contributed by atoms with Crippen LogP contribution in [-0.2, 0) is 0 Å². The Bertz CT molecular complexity index is 118. The third kappa shape index (κ3) is 1.84. The molecule has 1 heteroatoms. The molecule has 2 atom stereocenters. The van der Waals surface area contributed by atoms with Crippen molar-refractivity contribution in [3.63, 3.8) is 0 Å². The lowest BCUT2D eigenvalue weighted by molar-refractivity contribution is 0.375. The molecule has 0 heterocycles. The fraction of sp³-hybridized carbons (Fsp3) is 0.778. The smallest absolute Gasteiger partial charge is 0.0130 e. The number of hydrogen-bond acceptors (Lipinski definition) is 1. The van der Waals surface area contributed by atoms with Gasteiger partial charge in [-0.25, -0.2) is 0 Å². The second-order valence-corrected chi connectivity index (χ2v) is 3.08. The zero-order chi connectivity index (χ0) is 7.40. The van der Waals surface area contributed by atoms with E-state index in [1.54, 1.807) is 0 Å². The molecular formula is C9H17N. The fourth-order valence-corrected chi connectivity index (χ4v) is 1.50. The van der Waals surface area contributed by atoms with Crippen LogP contribution in [0, 0.1) is 5.92 Å². The second kappa shape index (κ2) is 3.77. The van der Waals surface area contributed by atoms with E-state index in [1.807, 2.05) is 0 Å². The van der Waals surface area contributed by atoms with Crippen LogP contribution < -0.4 is 5.32 Å². The molecule has 0 aromatic carbocycles. The second-order valence-electron chi connectivity index (χ2n) is 3.08. The summed E-state index contributed by atoms with van der Waals surface area (Å²) in [6, 6.07) is 0.731. The van der Waals surface area contributed by atoms with Gasteiger partial charge in [-0.1, -0.05) is 26.0 Å². The Hall–Kier alpha value is -0.300. The van der Waals surface area contributed by atoms with Crippen LogP contribution in [-0.4, -0.2) is 12.6 Å². The van der Waals surface area contributed by atoms with Gasteiger partial charge in [0.2, 0.25) is 0 Å². The van der Waals surface area contributed by atoms with Crippen molar-refractivity contribution >= 4 is 0 Å². The maximum absolute atomic E-state index is 3.48. The molecule has 0 aliphatic heterocycles. The van der Waals surface area contributed by atoms with E-state index < -0.39 is 0 Å². The zero-order valence-corrected chi connectivity index (χ0v) is 6.93. The monoisotopic (exact) mass is 139 g/mol. The van der Waals surface area contributed by atoms with Gasteiger partial charge in [0.05, 0.1) is 0 Å². The predicted molar refractivity (Wildman–Crippen MR) is 45.0 cm³/mol. The first kappa shape index (κ1) is 7.80. The van der Waals surface area contributed by atoms with Crippen LogP contribution in [0.15, 0.2) is 12.2 Å². The summed E-state index contributed by atoms with van der Waals surface area (Å²) in [5.74, 6) is 0.824. The van der Waals surface area contributed by atoms with Gasteiger partial charge in [0.1, 0.15) is 0 Å². The minimum absolute atomic E-state index is 0.731. The summed E-state index contributed by atoms with van der Waals surface area (Å²) in [6.07, 6.45) is 7.04. The van der Waals surface area contributed by atoms with Gasteiger partial charge in [-0.3, -0.25) is 0 Å². The molecule has 10 heavy (non-hydrogen) atoms. The van der Waals surface area contributed by atoms with Gasteiger partial charge in [-0.15, -0.1) is 0 Å². The van der Waals surface area contributed by atoms with E-state index in [2.05, 4.69) is 31.3 Å². The molecule has 0 aromatic heterocycles. The Balaban J connectivity index is 2.35. The van der Waals surface area contributed by atoms with E-state index in [-0.39, 0.29) is 0 Å². The summed E-state index contributed by atoms with van der Waals surface area (Å²) < 4.78 is 0. The highest BCUT2D eigenvalue weighted by atomic mass is 14.9. The highest BCUT2D eigenvalue weighted by Gasteiger charge is 2.15. The van der Waals surface area contributed by atoms with E-state index in [4.69, 9.17) is 0 Å². The highest BCUT2D eigenvalue weighted by Crippen LogP contribution is 2.17. The average Bonchev–Trinajstić information content (AvgIpc) is 1.94. The van der Waals surface area contributed by atoms with Gasteiger partial charge in [-0.2, -0.15) is 0 Å². The maximum atomic E-state index is 3.48. The first-order chi connectivity index (χ1) is 4.84. The number of hydrogen-bond donors (Lipinski definition) is 1. The lowest BCUT2D eigenvalue weighted by atomic mass is 9.91. The van der Waals surface area contributed by atoms with E-state index >= 15 is 0 Å². The molecular weight excluding hydrogens is 122 g/mol. The van der Waals surface area contributed by atoms with E-state index in [9.17, 15) is 0 Å². The van der Waals surface area contributed by atoms with Crippen molar-refractivity contribution in [2.24, 2.45) is 5.92 Å². The fourth-order valence-electron chi connectivity index (χ4n) is 1.50. The zero-order valence-electron chi connectivity index (χ0n) is 6.93. The van der Waals surface area contributed by atoms with Gasteiger partial charge < -0.3 is 5.32 Å². The quantitative estimate of drug-likeness (QED) is 0.577. The number of nitrogens with one attached hydrogen (secondary N) is 1. The summed E-state index contributed by atoms with van der Waals surface area (Å²) in [5, 5.41) is 3.48. The van der Waals surface area contributed by atoms with Crippen molar-refractivity contribution in [3.8, 4) is 0 Å². The van der Waals surface area contributed by atoms with Crippen molar-refractivity contribution in [3.05, 3.63) is 12.2 Å². The molecule has 0 saturated heterocycles. The molecule has 0 amide bonds. The Kier molecular flexibility index (Phi) is 2.94. The molecule has 1 aliphatic carbocycles. The highest BCUT2D eigenvalue weighted by molar-refractivity contribution is 4.96. The third-order valence-electron chi connectivity index (χ3n) is 2.22. The van der Waals surface area contributed by atoms with Gasteiger partial charge in [0.25, 0.3) is 0 Å². The van der Waals surface area contributed by atoms with Crippen molar-refractivity contribution in [2.75, 3.05) is 6.54 Å². The largest absolute Gasteiger partial charge is 0.314 e. The van der Waals surface area contributed by atoms with Crippen LogP contribution in [0.5, 0.6) is 0 Å². The molecule has 1 aliphatic rings. The van der Waals surface area contributed by atoms with E-state index in [1.165, 1.54) is 12.8 Å². The van der Waals surface area contributed by atoms with Crippen molar-refractivity contribution < 1.29 is 0 Å². The lowest BCUT2D eigenvalue weighted by Crippen LogP contribution is -2.35. The molecule has 1 nitrogen and oxygen atoms in total. The molecule has 1 rings (SSSR count). The standard InChI is InChI=1S/C9H17N/c1-3-10-9-7-5-4-6-8(9)2/h4-5,8-10H,3,6-7H2,1-2H3/t8?,9-/m1/s1. The Labute approximate surface area is 63.5 Å². The van der Waals surface area contributed by atoms with Gasteiger partial charge in [0.15, 0.2) is 0 Å². The average molecular weight is 139 g/mol. The summed E-state index contributed by atoms with van der Waals surface area (Å²) >= 11 is 0. The van der Waals surface area contributed by atoms with Crippen molar-refractivity contribution in [1.82, 2.24) is 5.32 Å². The first-order valence-corrected chi connectivity index (χ1v) is 4.23. The van der Waals surface area contributed by atoms with E-state index in [0.717, 1.165) is 18.5 Å². The molecule has 1 unspecified atom stereocenters. The molecule has 0 bridgehead atoms. The van der Waals surface area contributed by atoms with Crippen LogP contribution in [0.4, 0.5) is 0 Å². The summed E-state index contributed by atoms with van der Waals surface area (Å²) in [7, 11) is 0. The molecule has 0 radical (unpaired) electrons. The molecule has 0 spiro atoms. The Morgan fingerprint density at radius 3 is 2.70 bits per heavy atom. The maximum Gasteiger partial charge on any atom is 0.0130 e. The summed E-state index contributed by atoms with van der Waals surface area (Å²) in [4.78, 5) is 0. The lowest BCUT2D eigenvalue weighted by Gasteiger charge is -2.25. The van der Waals surface area contributed by atoms with Crippen LogP contribution in [0.1, 0.15) is 26.7 Å². The number of rotatable bonds is 2. The Morgan fingerprint density at radius 1 is 1.40 bits per heavy atom. The van der Waals surface area contributed by atoms with Gasteiger partial charge in [0, 0.05) is 6.04 Å². The van der Waals surface area contributed by atoms with Gasteiger partial charge in [-0.05, 0) is 25.3 Å². The molecule has 0 aromatic rings. The van der Waals surface area contributed by atoms with Crippen molar-refractivity contribution in [2.45, 2.75) is 32.7 Å². The normalized spacial score (nSPS) is 32.6. The minimum Gasteiger partial charge on any atom is -0.314 e. The molecule has 0 fully saturated rings. The Morgan fingerprint density at radius 2 is 2.10 bits per heavy atom. The van der Waals surface area contributed by atoms with Crippen LogP contribution in [0.25, 0.3) is 0 Å². The summed E-state index contributed by atoms with van der Waals surface area (Å²) in [6.45, 7) is 5.59. The van der Waals surface area contributed by atoms with Crippen LogP contribution in [0.2, 0.25) is 0 Å². The number of allylic oxidation sites excluding steroid dienone is 1. The van der Waals surface area contributed by atoms with Crippen LogP contribution in [0.3, 0.4) is 0 Å². The molecule has 0 saturated carbocycles. The molecule has 1 N–H and O–H groups in total. The van der Waals surface area contributed by atoms with Crippen LogP contribution >= 0.6 is 0 Å². The minimum atomic E-state index is 0.731. The SMILES string of the molecule is CCN[C@@H]1CC=CCC1C. The van der Waals surface area contributed by atoms with E-state index in [0.29, 0.717) is 0 Å².